The van der Waals surface area contributed by atoms with Gasteiger partial charge in [-0.3, -0.25) is 0 Å². The summed E-state index contributed by atoms with van der Waals surface area (Å²) in [6.07, 6.45) is 2.45. The fourth-order valence-corrected chi connectivity index (χ4v) is 2.06. The number of benzene rings is 1. The van der Waals surface area contributed by atoms with Crippen molar-refractivity contribution in [2.24, 2.45) is 0 Å². The van der Waals surface area contributed by atoms with Gasteiger partial charge < -0.3 is 15.2 Å². The number of nitrogens with one attached hydrogen (secondary N) is 2. The SMILES string of the molecule is Cc1cc(Nc2cc(NCCc3ccccc3)ncn2)no1. The molecule has 2 N–H and O–H groups in total. The van der Waals surface area contributed by atoms with E-state index < -0.39 is 0 Å². The maximum atomic E-state index is 5.01. The third-order valence-electron chi connectivity index (χ3n) is 3.11. The molecule has 3 aromatic rings. The third kappa shape index (κ3) is 3.82. The van der Waals surface area contributed by atoms with Crippen LogP contribution in [0.15, 0.2) is 53.3 Å². The lowest BCUT2D eigenvalue weighted by Crippen LogP contribution is -2.07. The van der Waals surface area contributed by atoms with Crippen molar-refractivity contribution in [3.8, 4) is 0 Å². The lowest BCUT2D eigenvalue weighted by atomic mass is 10.1. The Balaban J connectivity index is 1.57. The molecule has 0 bridgehead atoms. The molecule has 3 rings (SSSR count). The second kappa shape index (κ2) is 6.71. The lowest BCUT2D eigenvalue weighted by molar-refractivity contribution is 0.400. The molecule has 0 unspecified atom stereocenters. The number of aryl methyl sites for hydroxylation is 1. The Bertz CT molecular complexity index is 726. The zero-order chi connectivity index (χ0) is 15.2. The smallest absolute Gasteiger partial charge is 0.175 e. The Labute approximate surface area is 128 Å². The fraction of sp³-hybridized carbons (Fsp3) is 0.188. The van der Waals surface area contributed by atoms with Crippen LogP contribution in [0.25, 0.3) is 0 Å². The zero-order valence-electron chi connectivity index (χ0n) is 12.3. The molecule has 0 aliphatic heterocycles. The van der Waals surface area contributed by atoms with Crippen molar-refractivity contribution in [2.45, 2.75) is 13.3 Å². The number of anilines is 3. The summed E-state index contributed by atoms with van der Waals surface area (Å²) in [5.41, 5.74) is 1.29. The van der Waals surface area contributed by atoms with Gasteiger partial charge in [-0.25, -0.2) is 9.97 Å². The van der Waals surface area contributed by atoms with E-state index in [2.05, 4.69) is 37.9 Å². The van der Waals surface area contributed by atoms with Crippen molar-refractivity contribution in [1.82, 2.24) is 15.1 Å². The average Bonchev–Trinajstić information content (AvgIpc) is 2.94. The van der Waals surface area contributed by atoms with Gasteiger partial charge in [0.05, 0.1) is 0 Å². The molecule has 0 fully saturated rings. The molecule has 0 atom stereocenters. The quantitative estimate of drug-likeness (QED) is 0.727. The average molecular weight is 295 g/mol. The Hall–Kier alpha value is -2.89. The Kier molecular flexibility index (Phi) is 4.29. The van der Waals surface area contributed by atoms with E-state index in [4.69, 9.17) is 4.52 Å². The molecule has 0 radical (unpaired) electrons. The molecule has 6 heteroatoms. The topological polar surface area (TPSA) is 75.9 Å². The fourth-order valence-electron chi connectivity index (χ4n) is 2.06. The highest BCUT2D eigenvalue weighted by Gasteiger charge is 2.03. The highest BCUT2D eigenvalue weighted by molar-refractivity contribution is 5.55. The molecule has 2 aromatic heterocycles. The van der Waals surface area contributed by atoms with Crippen LogP contribution in [0.5, 0.6) is 0 Å². The van der Waals surface area contributed by atoms with E-state index in [9.17, 15) is 0 Å². The van der Waals surface area contributed by atoms with Crippen molar-refractivity contribution < 1.29 is 4.52 Å². The maximum absolute atomic E-state index is 5.01. The van der Waals surface area contributed by atoms with Gasteiger partial charge in [0.15, 0.2) is 5.82 Å². The van der Waals surface area contributed by atoms with Crippen molar-refractivity contribution in [3.63, 3.8) is 0 Å². The summed E-state index contributed by atoms with van der Waals surface area (Å²) in [5.74, 6) is 2.82. The van der Waals surface area contributed by atoms with Crippen LogP contribution in [0, 0.1) is 6.92 Å². The molecule has 0 aliphatic rings. The van der Waals surface area contributed by atoms with Crippen LogP contribution in [-0.2, 0) is 6.42 Å². The predicted octanol–water partition coefficient (Wildman–Crippen LogP) is 3.17. The van der Waals surface area contributed by atoms with Crippen LogP contribution in [0.2, 0.25) is 0 Å². The first-order chi connectivity index (χ1) is 10.8. The first kappa shape index (κ1) is 14.1. The first-order valence-electron chi connectivity index (χ1n) is 7.10. The molecule has 0 spiro atoms. The number of hydrogen-bond donors (Lipinski definition) is 2. The monoisotopic (exact) mass is 295 g/mol. The van der Waals surface area contributed by atoms with Crippen LogP contribution in [-0.4, -0.2) is 21.7 Å². The van der Waals surface area contributed by atoms with Gasteiger partial charge in [0.2, 0.25) is 0 Å². The Morgan fingerprint density at radius 3 is 2.59 bits per heavy atom. The summed E-state index contributed by atoms with van der Waals surface area (Å²) in [6, 6.07) is 14.0. The lowest BCUT2D eigenvalue weighted by Gasteiger charge is -2.07. The summed E-state index contributed by atoms with van der Waals surface area (Å²) < 4.78 is 5.01. The first-order valence-corrected chi connectivity index (χ1v) is 7.10. The van der Waals surface area contributed by atoms with Crippen LogP contribution in [0.1, 0.15) is 11.3 Å². The minimum atomic E-state index is 0.631. The summed E-state index contributed by atoms with van der Waals surface area (Å²) in [4.78, 5) is 8.38. The van der Waals surface area contributed by atoms with E-state index in [1.165, 1.54) is 11.9 Å². The van der Waals surface area contributed by atoms with E-state index in [1.807, 2.05) is 37.3 Å². The molecule has 22 heavy (non-hydrogen) atoms. The van der Waals surface area contributed by atoms with E-state index in [1.54, 1.807) is 0 Å². The van der Waals surface area contributed by atoms with Gasteiger partial charge in [0.25, 0.3) is 0 Å². The summed E-state index contributed by atoms with van der Waals surface area (Å²) >= 11 is 0. The van der Waals surface area contributed by atoms with Gasteiger partial charge in [0.1, 0.15) is 23.7 Å². The van der Waals surface area contributed by atoms with Gasteiger partial charge >= 0.3 is 0 Å². The molecule has 6 nitrogen and oxygen atoms in total. The second-order valence-electron chi connectivity index (χ2n) is 4.90. The van der Waals surface area contributed by atoms with Crippen LogP contribution in [0.4, 0.5) is 17.5 Å². The molecule has 0 amide bonds. The summed E-state index contributed by atoms with van der Waals surface area (Å²) in [6.45, 7) is 2.65. The van der Waals surface area contributed by atoms with Gasteiger partial charge in [-0.15, -0.1) is 0 Å². The van der Waals surface area contributed by atoms with Crippen molar-refractivity contribution in [1.29, 1.82) is 0 Å². The summed E-state index contributed by atoms with van der Waals surface area (Å²) in [7, 11) is 0. The van der Waals surface area contributed by atoms with E-state index >= 15 is 0 Å². The number of aromatic nitrogens is 3. The van der Waals surface area contributed by atoms with Crippen molar-refractivity contribution >= 4 is 17.5 Å². The number of nitrogens with zero attached hydrogens (tertiary/aromatic N) is 3. The van der Waals surface area contributed by atoms with Crippen LogP contribution < -0.4 is 10.6 Å². The highest BCUT2D eigenvalue weighted by atomic mass is 16.5. The maximum Gasteiger partial charge on any atom is 0.175 e. The minimum Gasteiger partial charge on any atom is -0.370 e. The zero-order valence-corrected chi connectivity index (χ0v) is 12.3. The Morgan fingerprint density at radius 2 is 1.82 bits per heavy atom. The third-order valence-corrected chi connectivity index (χ3v) is 3.11. The molecule has 1 aromatic carbocycles. The molecular weight excluding hydrogens is 278 g/mol. The van der Waals surface area contributed by atoms with Crippen molar-refractivity contribution in [2.75, 3.05) is 17.2 Å². The van der Waals surface area contributed by atoms with Crippen LogP contribution in [0.3, 0.4) is 0 Å². The number of hydrogen-bond acceptors (Lipinski definition) is 6. The Morgan fingerprint density at radius 1 is 1.00 bits per heavy atom. The molecule has 112 valence electrons. The molecule has 0 saturated carbocycles. The standard InChI is InChI=1S/C16H17N5O/c1-12-9-16(21-22-12)20-15-10-14(18-11-19-15)17-8-7-13-5-3-2-4-6-13/h2-6,9-11H,7-8H2,1H3,(H2,17,18,19,20,21). The van der Waals surface area contributed by atoms with Crippen LogP contribution >= 0.6 is 0 Å². The van der Waals surface area contributed by atoms with Gasteiger partial charge in [0, 0.05) is 18.7 Å². The van der Waals surface area contributed by atoms with Crippen molar-refractivity contribution in [3.05, 3.63) is 60.1 Å². The highest BCUT2D eigenvalue weighted by Crippen LogP contribution is 2.15. The molecule has 0 aliphatic carbocycles. The van der Waals surface area contributed by atoms with Gasteiger partial charge in [-0.05, 0) is 18.9 Å². The van der Waals surface area contributed by atoms with E-state index in [0.717, 1.165) is 24.5 Å². The second-order valence-corrected chi connectivity index (χ2v) is 4.90. The van der Waals surface area contributed by atoms with Gasteiger partial charge in [-0.1, -0.05) is 35.5 Å². The molecular formula is C16H17N5O. The van der Waals surface area contributed by atoms with E-state index in [0.29, 0.717) is 11.6 Å². The normalized spacial score (nSPS) is 10.4. The predicted molar refractivity (Wildman–Crippen MR) is 85.2 cm³/mol. The minimum absolute atomic E-state index is 0.631. The molecule has 2 heterocycles. The van der Waals surface area contributed by atoms with Gasteiger partial charge in [-0.2, -0.15) is 0 Å². The summed E-state index contributed by atoms with van der Waals surface area (Å²) in [5, 5.41) is 10.2. The van der Waals surface area contributed by atoms with E-state index in [-0.39, 0.29) is 0 Å². The molecule has 0 saturated heterocycles. The number of rotatable bonds is 6. The largest absolute Gasteiger partial charge is 0.370 e.